The zero-order chi connectivity index (χ0) is 18.7. The van der Waals surface area contributed by atoms with Crippen LogP contribution < -0.4 is 15.6 Å². The van der Waals surface area contributed by atoms with Crippen molar-refractivity contribution in [3.63, 3.8) is 0 Å². The predicted molar refractivity (Wildman–Crippen MR) is 104 cm³/mol. The third-order valence-corrected chi connectivity index (χ3v) is 4.63. The summed E-state index contributed by atoms with van der Waals surface area (Å²) < 4.78 is 7.00. The highest BCUT2D eigenvalue weighted by Crippen LogP contribution is 2.31. The van der Waals surface area contributed by atoms with Gasteiger partial charge in [-0.3, -0.25) is 9.59 Å². The first-order valence-corrected chi connectivity index (χ1v) is 8.52. The third-order valence-electron chi connectivity index (χ3n) is 4.63. The Bertz CT molecular complexity index is 1020. The molecule has 0 saturated heterocycles. The molecule has 0 bridgehead atoms. The van der Waals surface area contributed by atoms with E-state index in [1.807, 2.05) is 48.5 Å². The van der Waals surface area contributed by atoms with E-state index in [2.05, 4.69) is 5.32 Å². The number of benzene rings is 2. The van der Waals surface area contributed by atoms with E-state index >= 15 is 0 Å². The number of hydrogen-bond acceptors (Lipinski definition) is 3. The number of amides is 1. The Morgan fingerprint density at radius 3 is 2.54 bits per heavy atom. The Labute approximate surface area is 152 Å². The van der Waals surface area contributed by atoms with E-state index in [1.165, 1.54) is 0 Å². The van der Waals surface area contributed by atoms with Crippen LogP contribution in [0.15, 0.2) is 53.3 Å². The molecular formula is C21H22N2O3. The number of pyridine rings is 1. The van der Waals surface area contributed by atoms with E-state index in [-0.39, 0.29) is 11.5 Å². The molecule has 1 heterocycles. The van der Waals surface area contributed by atoms with E-state index in [9.17, 15) is 9.59 Å². The van der Waals surface area contributed by atoms with Crippen LogP contribution in [0.1, 0.15) is 12.0 Å². The van der Waals surface area contributed by atoms with Crippen molar-refractivity contribution in [2.75, 3.05) is 14.2 Å². The number of nitrogens with one attached hydrogen (secondary N) is 1. The van der Waals surface area contributed by atoms with E-state index in [1.54, 1.807) is 25.8 Å². The van der Waals surface area contributed by atoms with Crippen molar-refractivity contribution in [3.05, 3.63) is 64.4 Å². The Morgan fingerprint density at radius 1 is 1.12 bits per heavy atom. The molecule has 0 aliphatic rings. The minimum Gasteiger partial charge on any atom is -0.497 e. The van der Waals surface area contributed by atoms with Crippen molar-refractivity contribution in [3.8, 4) is 17.0 Å². The van der Waals surface area contributed by atoms with Crippen LogP contribution in [0.4, 0.5) is 0 Å². The molecular weight excluding hydrogens is 328 g/mol. The highest BCUT2D eigenvalue weighted by atomic mass is 16.5. The zero-order valence-electron chi connectivity index (χ0n) is 15.2. The summed E-state index contributed by atoms with van der Waals surface area (Å²) in [6.45, 7) is 0. The van der Waals surface area contributed by atoms with Gasteiger partial charge in [0.1, 0.15) is 5.75 Å². The van der Waals surface area contributed by atoms with Crippen molar-refractivity contribution in [2.24, 2.45) is 7.05 Å². The number of rotatable bonds is 5. The first-order chi connectivity index (χ1) is 12.6. The normalized spacial score (nSPS) is 10.7. The van der Waals surface area contributed by atoms with Crippen molar-refractivity contribution in [1.29, 1.82) is 0 Å². The maximum absolute atomic E-state index is 12.9. The molecule has 2 aromatic carbocycles. The fourth-order valence-corrected chi connectivity index (χ4v) is 3.30. The second-order valence-electron chi connectivity index (χ2n) is 6.14. The van der Waals surface area contributed by atoms with Gasteiger partial charge in [-0.15, -0.1) is 0 Å². The van der Waals surface area contributed by atoms with E-state index < -0.39 is 0 Å². The third kappa shape index (κ3) is 3.20. The summed E-state index contributed by atoms with van der Waals surface area (Å²) >= 11 is 0. The number of hydrogen-bond donors (Lipinski definition) is 1. The molecule has 3 rings (SSSR count). The number of methoxy groups -OCH3 is 1. The maximum atomic E-state index is 12.9. The lowest BCUT2D eigenvalue weighted by Crippen LogP contribution is -2.22. The molecule has 0 fully saturated rings. The molecule has 134 valence electrons. The van der Waals surface area contributed by atoms with Gasteiger partial charge in [-0.25, -0.2) is 0 Å². The van der Waals surface area contributed by atoms with Gasteiger partial charge in [0.2, 0.25) is 5.91 Å². The number of carbonyl (C=O) groups excluding carboxylic acids is 1. The first-order valence-electron chi connectivity index (χ1n) is 8.52. The summed E-state index contributed by atoms with van der Waals surface area (Å²) in [5.74, 6) is 0.694. The average Bonchev–Trinajstić information content (AvgIpc) is 2.69. The van der Waals surface area contributed by atoms with Gasteiger partial charge >= 0.3 is 0 Å². The summed E-state index contributed by atoms with van der Waals surface area (Å²) in [7, 11) is 5.02. The molecule has 0 radical (unpaired) electrons. The fourth-order valence-electron chi connectivity index (χ4n) is 3.30. The lowest BCUT2D eigenvalue weighted by Gasteiger charge is -2.18. The molecule has 0 aliphatic carbocycles. The molecule has 1 N–H and O–H groups in total. The van der Waals surface area contributed by atoms with Crippen LogP contribution in [0.5, 0.6) is 5.75 Å². The lowest BCUT2D eigenvalue weighted by molar-refractivity contribution is -0.120. The largest absolute Gasteiger partial charge is 0.497 e. The van der Waals surface area contributed by atoms with Crippen molar-refractivity contribution in [2.45, 2.75) is 12.8 Å². The summed E-state index contributed by atoms with van der Waals surface area (Å²) in [6.07, 6.45) is 0.899. The van der Waals surface area contributed by atoms with Gasteiger partial charge in [-0.1, -0.05) is 30.3 Å². The SMILES string of the molecule is CNC(=O)CCc1c(-c2cccc(OC)c2)n(C)c(=O)c2ccccc12. The van der Waals surface area contributed by atoms with Crippen molar-refractivity contribution >= 4 is 16.7 Å². The van der Waals surface area contributed by atoms with E-state index in [0.29, 0.717) is 18.2 Å². The molecule has 0 saturated carbocycles. The smallest absolute Gasteiger partial charge is 0.258 e. The topological polar surface area (TPSA) is 60.3 Å². The quantitative estimate of drug-likeness (QED) is 0.770. The van der Waals surface area contributed by atoms with Crippen LogP contribution in [-0.4, -0.2) is 24.6 Å². The summed E-state index contributed by atoms with van der Waals surface area (Å²) in [6, 6.07) is 15.2. The van der Waals surface area contributed by atoms with E-state index in [0.717, 1.165) is 28.0 Å². The molecule has 0 unspecified atom stereocenters. The van der Waals surface area contributed by atoms with Gasteiger partial charge in [0.25, 0.3) is 5.56 Å². The molecule has 0 spiro atoms. The van der Waals surface area contributed by atoms with Gasteiger partial charge in [0.05, 0.1) is 12.8 Å². The molecule has 0 atom stereocenters. The van der Waals surface area contributed by atoms with Crippen molar-refractivity contribution in [1.82, 2.24) is 9.88 Å². The standard InChI is InChI=1S/C21H22N2O3/c1-22-19(24)12-11-17-16-9-4-5-10-18(16)21(25)23(2)20(17)14-7-6-8-15(13-14)26-3/h4-10,13H,11-12H2,1-3H3,(H,22,24). The molecule has 1 aromatic heterocycles. The number of aromatic nitrogens is 1. The van der Waals surface area contributed by atoms with Crippen LogP contribution in [0.3, 0.4) is 0 Å². The van der Waals surface area contributed by atoms with Crippen LogP contribution in [0, 0.1) is 0 Å². The Kier molecular flexibility index (Phi) is 5.07. The van der Waals surface area contributed by atoms with Gasteiger partial charge in [0.15, 0.2) is 0 Å². The number of carbonyl (C=O) groups is 1. The Morgan fingerprint density at radius 2 is 1.85 bits per heavy atom. The highest BCUT2D eigenvalue weighted by molar-refractivity contribution is 5.90. The minimum atomic E-state index is -0.0536. The number of aryl methyl sites for hydroxylation is 1. The van der Waals surface area contributed by atoms with Crippen LogP contribution in [-0.2, 0) is 18.3 Å². The van der Waals surface area contributed by atoms with Gasteiger partial charge < -0.3 is 14.6 Å². The minimum absolute atomic E-state index is 0.0282. The highest BCUT2D eigenvalue weighted by Gasteiger charge is 2.17. The lowest BCUT2D eigenvalue weighted by atomic mass is 9.95. The van der Waals surface area contributed by atoms with Gasteiger partial charge in [-0.05, 0) is 35.6 Å². The zero-order valence-corrected chi connectivity index (χ0v) is 15.2. The Balaban J connectivity index is 2.30. The second-order valence-corrected chi connectivity index (χ2v) is 6.14. The molecule has 5 heteroatoms. The Hall–Kier alpha value is -3.08. The van der Waals surface area contributed by atoms with Crippen LogP contribution >= 0.6 is 0 Å². The molecule has 0 aliphatic heterocycles. The van der Waals surface area contributed by atoms with Gasteiger partial charge in [-0.2, -0.15) is 0 Å². The number of nitrogens with zero attached hydrogens (tertiary/aromatic N) is 1. The molecule has 3 aromatic rings. The molecule has 1 amide bonds. The fraction of sp³-hybridized carbons (Fsp3) is 0.238. The van der Waals surface area contributed by atoms with E-state index in [4.69, 9.17) is 4.74 Å². The van der Waals surface area contributed by atoms with Crippen LogP contribution in [0.2, 0.25) is 0 Å². The number of fused-ring (bicyclic) bond motifs is 1. The van der Waals surface area contributed by atoms with Crippen LogP contribution in [0.25, 0.3) is 22.0 Å². The summed E-state index contributed by atoms with van der Waals surface area (Å²) in [5, 5.41) is 4.21. The number of ether oxygens (including phenoxy) is 1. The average molecular weight is 350 g/mol. The molecule has 5 nitrogen and oxygen atoms in total. The second kappa shape index (κ2) is 7.44. The van der Waals surface area contributed by atoms with Crippen molar-refractivity contribution < 1.29 is 9.53 Å². The summed E-state index contributed by atoms with van der Waals surface area (Å²) in [5.41, 5.74) is 2.64. The monoisotopic (exact) mass is 350 g/mol. The van der Waals surface area contributed by atoms with Gasteiger partial charge in [0, 0.05) is 31.5 Å². The molecule has 26 heavy (non-hydrogen) atoms. The summed E-state index contributed by atoms with van der Waals surface area (Å²) in [4.78, 5) is 24.7. The first kappa shape index (κ1) is 17.7. The predicted octanol–water partition coefficient (Wildman–Crippen LogP) is 2.89. The maximum Gasteiger partial charge on any atom is 0.258 e.